The number of carbonyl (C=O) groups excluding carboxylic acids is 1. The van der Waals surface area contributed by atoms with E-state index in [0.29, 0.717) is 48.0 Å². The first-order valence-corrected chi connectivity index (χ1v) is 9.76. The summed E-state index contributed by atoms with van der Waals surface area (Å²) in [7, 11) is 0. The number of rotatable bonds is 4. The number of Topliss-reactive ketones (excluding diaryl/α,β-unsaturated/α-hetero) is 1. The Labute approximate surface area is 174 Å². The van der Waals surface area contributed by atoms with Gasteiger partial charge in [0.2, 0.25) is 5.88 Å². The van der Waals surface area contributed by atoms with Gasteiger partial charge in [0.05, 0.1) is 5.92 Å². The molecule has 2 N–H and O–H groups in total. The second kappa shape index (κ2) is 8.02. The molecule has 29 heavy (non-hydrogen) atoms. The Hall–Kier alpha value is -3.23. The van der Waals surface area contributed by atoms with E-state index in [4.69, 9.17) is 26.8 Å². The van der Waals surface area contributed by atoms with E-state index in [1.807, 2.05) is 36.4 Å². The number of halogens is 1. The Balaban J connectivity index is 1.73. The molecule has 1 aliphatic carbocycles. The Bertz CT molecular complexity index is 1060. The van der Waals surface area contributed by atoms with Crippen molar-refractivity contribution in [3.63, 3.8) is 0 Å². The lowest BCUT2D eigenvalue weighted by Gasteiger charge is -2.31. The van der Waals surface area contributed by atoms with Crippen LogP contribution in [0, 0.1) is 11.3 Å². The van der Waals surface area contributed by atoms with Crippen LogP contribution in [0.2, 0.25) is 5.02 Å². The lowest BCUT2D eigenvalue weighted by Crippen LogP contribution is -2.27. The average Bonchev–Trinajstić information content (AvgIpc) is 2.73. The van der Waals surface area contributed by atoms with Crippen LogP contribution < -0.4 is 10.5 Å². The van der Waals surface area contributed by atoms with Crippen molar-refractivity contribution in [1.82, 2.24) is 0 Å². The van der Waals surface area contributed by atoms with E-state index < -0.39 is 5.92 Å². The zero-order chi connectivity index (χ0) is 20.4. The van der Waals surface area contributed by atoms with Crippen molar-refractivity contribution < 1.29 is 14.3 Å². The van der Waals surface area contributed by atoms with E-state index in [2.05, 4.69) is 6.07 Å². The molecule has 0 radical (unpaired) electrons. The monoisotopic (exact) mass is 406 g/mol. The Morgan fingerprint density at radius 2 is 1.93 bits per heavy atom. The van der Waals surface area contributed by atoms with Gasteiger partial charge in [0.15, 0.2) is 5.78 Å². The topological polar surface area (TPSA) is 85.3 Å². The highest BCUT2D eigenvalue weighted by atomic mass is 35.5. The second-order valence-electron chi connectivity index (χ2n) is 6.99. The summed E-state index contributed by atoms with van der Waals surface area (Å²) in [5.41, 5.74) is 8.48. The molecule has 1 heterocycles. The third kappa shape index (κ3) is 3.72. The number of para-hydroxylation sites is 1. The fraction of sp³-hybridized carbons (Fsp3) is 0.217. The SMILES string of the molecule is N#CC1=C(N)OC2=C(C(=O)CCC2)C1c1ccccc1OCc1ccc(Cl)cc1. The quantitative estimate of drug-likeness (QED) is 0.792. The van der Waals surface area contributed by atoms with Crippen LogP contribution in [0.5, 0.6) is 5.75 Å². The summed E-state index contributed by atoms with van der Waals surface area (Å²) in [4.78, 5) is 12.7. The number of nitrogens with two attached hydrogens (primary N) is 1. The van der Waals surface area contributed by atoms with Crippen LogP contribution in [0.15, 0.2) is 71.3 Å². The van der Waals surface area contributed by atoms with Crippen LogP contribution in [0.1, 0.15) is 36.3 Å². The van der Waals surface area contributed by atoms with Gasteiger partial charge in [-0.25, -0.2) is 0 Å². The van der Waals surface area contributed by atoms with Gasteiger partial charge in [0, 0.05) is 29.0 Å². The Kier molecular flexibility index (Phi) is 5.28. The smallest absolute Gasteiger partial charge is 0.205 e. The summed E-state index contributed by atoms with van der Waals surface area (Å²) in [6, 6.07) is 16.9. The van der Waals surface area contributed by atoms with E-state index in [1.165, 1.54) is 0 Å². The number of ketones is 1. The molecule has 1 atom stereocenters. The number of nitriles is 1. The molecule has 0 saturated carbocycles. The van der Waals surface area contributed by atoms with E-state index in [0.717, 1.165) is 11.1 Å². The number of allylic oxidation sites excluding steroid dienone is 3. The third-order valence-corrected chi connectivity index (χ3v) is 5.39. The molecule has 6 heteroatoms. The molecule has 1 aliphatic heterocycles. The van der Waals surface area contributed by atoms with Gasteiger partial charge < -0.3 is 15.2 Å². The van der Waals surface area contributed by atoms with Gasteiger partial charge in [0.25, 0.3) is 0 Å². The minimum Gasteiger partial charge on any atom is -0.489 e. The molecule has 0 spiro atoms. The van der Waals surface area contributed by atoms with Crippen LogP contribution in [0.25, 0.3) is 0 Å². The molecular formula is C23H19ClN2O3. The predicted molar refractivity (Wildman–Crippen MR) is 109 cm³/mol. The normalized spacial score (nSPS) is 18.8. The molecule has 2 aromatic rings. The highest BCUT2D eigenvalue weighted by Gasteiger charge is 2.39. The molecule has 0 fully saturated rings. The fourth-order valence-corrected chi connectivity index (χ4v) is 3.89. The number of hydrogen-bond acceptors (Lipinski definition) is 5. The van der Waals surface area contributed by atoms with Gasteiger partial charge in [0.1, 0.15) is 29.8 Å². The first-order valence-electron chi connectivity index (χ1n) is 9.38. The van der Waals surface area contributed by atoms with Crippen molar-refractivity contribution in [3.05, 3.63) is 87.5 Å². The fourth-order valence-electron chi connectivity index (χ4n) is 3.76. The van der Waals surface area contributed by atoms with Crippen molar-refractivity contribution >= 4 is 17.4 Å². The van der Waals surface area contributed by atoms with Crippen LogP contribution in [-0.4, -0.2) is 5.78 Å². The summed E-state index contributed by atoms with van der Waals surface area (Å²) in [5, 5.41) is 10.4. The molecule has 0 amide bonds. The van der Waals surface area contributed by atoms with Crippen LogP contribution >= 0.6 is 11.6 Å². The largest absolute Gasteiger partial charge is 0.489 e. The van der Waals surface area contributed by atoms with Crippen LogP contribution in [0.4, 0.5) is 0 Å². The molecule has 2 aliphatic rings. The van der Waals surface area contributed by atoms with Crippen molar-refractivity contribution in [3.8, 4) is 11.8 Å². The van der Waals surface area contributed by atoms with Crippen molar-refractivity contribution in [2.45, 2.75) is 31.8 Å². The van der Waals surface area contributed by atoms with Crippen molar-refractivity contribution in [2.24, 2.45) is 5.73 Å². The molecule has 4 rings (SSSR count). The first kappa shape index (κ1) is 19.1. The maximum Gasteiger partial charge on any atom is 0.205 e. The van der Waals surface area contributed by atoms with E-state index in [1.54, 1.807) is 12.1 Å². The molecule has 0 saturated heterocycles. The van der Waals surface area contributed by atoms with E-state index in [-0.39, 0.29) is 17.2 Å². The van der Waals surface area contributed by atoms with E-state index in [9.17, 15) is 10.1 Å². The predicted octanol–water partition coefficient (Wildman–Crippen LogP) is 4.73. The minimum atomic E-state index is -0.585. The second-order valence-corrected chi connectivity index (χ2v) is 7.43. The van der Waals surface area contributed by atoms with Crippen molar-refractivity contribution in [1.29, 1.82) is 5.26 Å². The molecule has 0 aromatic heterocycles. The van der Waals surface area contributed by atoms with Crippen molar-refractivity contribution in [2.75, 3.05) is 0 Å². The Morgan fingerprint density at radius 1 is 1.17 bits per heavy atom. The molecular weight excluding hydrogens is 388 g/mol. The highest BCUT2D eigenvalue weighted by molar-refractivity contribution is 6.30. The van der Waals surface area contributed by atoms with Gasteiger partial charge in [-0.1, -0.05) is 41.9 Å². The maximum absolute atomic E-state index is 12.7. The number of nitrogens with zero attached hydrogens (tertiary/aromatic N) is 1. The number of ether oxygens (including phenoxy) is 2. The van der Waals surface area contributed by atoms with Gasteiger partial charge in [-0.05, 0) is 30.2 Å². The van der Waals surface area contributed by atoms with Crippen LogP contribution in [0.3, 0.4) is 0 Å². The minimum absolute atomic E-state index is 0.0102. The molecule has 1 unspecified atom stereocenters. The molecule has 146 valence electrons. The zero-order valence-electron chi connectivity index (χ0n) is 15.7. The summed E-state index contributed by atoms with van der Waals surface area (Å²) >= 11 is 5.94. The van der Waals surface area contributed by atoms with Gasteiger partial charge >= 0.3 is 0 Å². The first-order chi connectivity index (χ1) is 14.1. The summed E-state index contributed by atoms with van der Waals surface area (Å²) in [6.07, 6.45) is 1.78. The zero-order valence-corrected chi connectivity index (χ0v) is 16.4. The highest BCUT2D eigenvalue weighted by Crippen LogP contribution is 2.45. The summed E-state index contributed by atoms with van der Waals surface area (Å²) < 4.78 is 11.7. The van der Waals surface area contributed by atoms with Crippen LogP contribution in [-0.2, 0) is 16.1 Å². The summed E-state index contributed by atoms with van der Waals surface area (Å²) in [5.74, 6) is 0.621. The average molecular weight is 407 g/mol. The van der Waals surface area contributed by atoms with Gasteiger partial charge in [-0.2, -0.15) is 5.26 Å². The van der Waals surface area contributed by atoms with E-state index >= 15 is 0 Å². The molecule has 5 nitrogen and oxygen atoms in total. The standard InChI is InChI=1S/C23H19ClN2O3/c24-15-10-8-14(9-11-15)13-28-19-6-2-1-4-16(19)21-17(12-25)23(26)29-20-7-3-5-18(27)22(20)21/h1-2,4,6,8-11,21H,3,5,7,13,26H2. The van der Waals surface area contributed by atoms with Gasteiger partial charge in [-0.15, -0.1) is 0 Å². The number of carbonyl (C=O) groups is 1. The lowest BCUT2D eigenvalue weighted by molar-refractivity contribution is -0.116. The lowest BCUT2D eigenvalue weighted by atomic mass is 9.77. The number of benzene rings is 2. The number of hydrogen-bond donors (Lipinski definition) is 1. The molecule has 2 aromatic carbocycles. The summed E-state index contributed by atoms with van der Waals surface area (Å²) in [6.45, 7) is 0.332. The third-order valence-electron chi connectivity index (χ3n) is 5.14. The maximum atomic E-state index is 12.7. The Morgan fingerprint density at radius 3 is 2.69 bits per heavy atom. The molecule has 0 bridgehead atoms. The van der Waals surface area contributed by atoms with Gasteiger partial charge in [-0.3, -0.25) is 4.79 Å².